The minimum absolute atomic E-state index is 0.0633. The molecule has 0 aliphatic heterocycles. The lowest BCUT2D eigenvalue weighted by Gasteiger charge is -2.08. The highest BCUT2D eigenvalue weighted by molar-refractivity contribution is 7.98. The van der Waals surface area contributed by atoms with E-state index in [1.807, 2.05) is 30.5 Å². The van der Waals surface area contributed by atoms with E-state index in [9.17, 15) is 4.79 Å². The Hall–Kier alpha value is -1.72. The van der Waals surface area contributed by atoms with E-state index in [0.717, 1.165) is 10.6 Å². The number of carboxylic acids is 1. The van der Waals surface area contributed by atoms with E-state index in [1.165, 1.54) is 12.3 Å². The maximum absolute atomic E-state index is 10.8. The number of hydrogen-bond acceptors (Lipinski definition) is 4. The second kappa shape index (κ2) is 5.95. The van der Waals surface area contributed by atoms with Gasteiger partial charge in [-0.3, -0.25) is 0 Å². The molecule has 0 aliphatic rings. The number of aromatic nitrogens is 1. The average Bonchev–Trinajstić information content (AvgIpc) is 2.41. The summed E-state index contributed by atoms with van der Waals surface area (Å²) in [6, 6.07) is 9.15. The zero-order chi connectivity index (χ0) is 13.8. The normalized spacial score (nSPS) is 10.2. The van der Waals surface area contributed by atoms with Crippen molar-refractivity contribution in [1.29, 1.82) is 0 Å². The Labute approximate surface area is 119 Å². The Morgan fingerprint density at radius 2 is 2.21 bits per heavy atom. The molecule has 98 valence electrons. The molecule has 0 amide bonds. The lowest BCUT2D eigenvalue weighted by Crippen LogP contribution is -2.00. The van der Waals surface area contributed by atoms with Crippen LogP contribution < -0.4 is 5.32 Å². The van der Waals surface area contributed by atoms with Crippen LogP contribution in [0, 0.1) is 0 Å². The van der Waals surface area contributed by atoms with Crippen molar-refractivity contribution >= 4 is 40.8 Å². The van der Waals surface area contributed by atoms with Crippen molar-refractivity contribution < 1.29 is 9.90 Å². The van der Waals surface area contributed by atoms with E-state index >= 15 is 0 Å². The molecular formula is C13H11ClN2O2S. The molecular weight excluding hydrogens is 284 g/mol. The van der Waals surface area contributed by atoms with E-state index in [1.54, 1.807) is 11.8 Å². The summed E-state index contributed by atoms with van der Waals surface area (Å²) in [6.07, 6.45) is 3.26. The van der Waals surface area contributed by atoms with E-state index < -0.39 is 5.97 Å². The van der Waals surface area contributed by atoms with Crippen LogP contribution in [0.3, 0.4) is 0 Å². The Balaban J connectivity index is 2.25. The quantitative estimate of drug-likeness (QED) is 0.837. The Bertz CT molecular complexity index is 619. The number of pyridine rings is 1. The molecule has 0 unspecified atom stereocenters. The Morgan fingerprint density at radius 3 is 2.84 bits per heavy atom. The van der Waals surface area contributed by atoms with Crippen molar-refractivity contribution in [3.8, 4) is 0 Å². The van der Waals surface area contributed by atoms with Gasteiger partial charge in [-0.2, -0.15) is 0 Å². The molecule has 2 N–H and O–H groups in total. The molecule has 0 saturated carbocycles. The van der Waals surface area contributed by atoms with Crippen LogP contribution in [-0.2, 0) is 0 Å². The van der Waals surface area contributed by atoms with E-state index in [-0.39, 0.29) is 10.6 Å². The smallest absolute Gasteiger partial charge is 0.337 e. The summed E-state index contributed by atoms with van der Waals surface area (Å²) in [5.41, 5.74) is 0.915. The van der Waals surface area contributed by atoms with Gasteiger partial charge in [0.25, 0.3) is 0 Å². The number of carboxylic acid groups (broad SMARTS) is 1. The van der Waals surface area contributed by atoms with E-state index in [2.05, 4.69) is 10.3 Å². The van der Waals surface area contributed by atoms with Crippen LogP contribution in [0.15, 0.2) is 41.4 Å². The molecule has 0 aliphatic carbocycles. The van der Waals surface area contributed by atoms with Gasteiger partial charge < -0.3 is 10.4 Å². The number of nitrogens with zero attached hydrogens (tertiary/aromatic N) is 1. The summed E-state index contributed by atoms with van der Waals surface area (Å²) in [7, 11) is 0. The topological polar surface area (TPSA) is 62.2 Å². The largest absolute Gasteiger partial charge is 0.478 e. The van der Waals surface area contributed by atoms with Gasteiger partial charge in [-0.25, -0.2) is 9.78 Å². The molecule has 0 saturated heterocycles. The minimum atomic E-state index is -1.05. The predicted molar refractivity (Wildman–Crippen MR) is 77.7 cm³/mol. The summed E-state index contributed by atoms with van der Waals surface area (Å²) < 4.78 is 0. The second-order valence-electron chi connectivity index (χ2n) is 3.72. The van der Waals surface area contributed by atoms with Crippen LogP contribution in [0.4, 0.5) is 11.5 Å². The van der Waals surface area contributed by atoms with Crippen LogP contribution in [0.1, 0.15) is 10.4 Å². The Morgan fingerprint density at radius 1 is 1.42 bits per heavy atom. The van der Waals surface area contributed by atoms with Gasteiger partial charge in [-0.1, -0.05) is 17.7 Å². The highest BCUT2D eigenvalue weighted by Crippen LogP contribution is 2.26. The van der Waals surface area contributed by atoms with Crippen molar-refractivity contribution in [3.05, 3.63) is 47.1 Å². The second-order valence-corrected chi connectivity index (χ2v) is 5.00. The van der Waals surface area contributed by atoms with Crippen molar-refractivity contribution in [2.24, 2.45) is 0 Å². The first-order valence-electron chi connectivity index (χ1n) is 5.40. The van der Waals surface area contributed by atoms with Gasteiger partial charge in [0.1, 0.15) is 5.82 Å². The number of hydrogen-bond donors (Lipinski definition) is 2. The third kappa shape index (κ3) is 3.39. The lowest BCUT2D eigenvalue weighted by molar-refractivity contribution is 0.0696. The first kappa shape index (κ1) is 13.7. The first-order chi connectivity index (χ1) is 9.10. The highest BCUT2D eigenvalue weighted by Gasteiger charge is 2.08. The molecule has 0 radical (unpaired) electrons. The number of carbonyl (C=O) groups is 1. The van der Waals surface area contributed by atoms with Crippen LogP contribution in [-0.4, -0.2) is 22.3 Å². The molecule has 1 heterocycles. The monoisotopic (exact) mass is 294 g/mol. The van der Waals surface area contributed by atoms with Gasteiger partial charge in [0, 0.05) is 16.8 Å². The van der Waals surface area contributed by atoms with Gasteiger partial charge in [0.15, 0.2) is 0 Å². The minimum Gasteiger partial charge on any atom is -0.478 e. The van der Waals surface area contributed by atoms with Gasteiger partial charge in [0.2, 0.25) is 0 Å². The van der Waals surface area contributed by atoms with Crippen molar-refractivity contribution in [1.82, 2.24) is 4.98 Å². The van der Waals surface area contributed by atoms with Crippen LogP contribution in [0.25, 0.3) is 0 Å². The summed E-state index contributed by atoms with van der Waals surface area (Å²) in [6.45, 7) is 0. The van der Waals surface area contributed by atoms with Gasteiger partial charge in [-0.15, -0.1) is 11.8 Å². The van der Waals surface area contributed by atoms with Crippen LogP contribution in [0.5, 0.6) is 0 Å². The third-order valence-electron chi connectivity index (χ3n) is 2.42. The number of aromatic carboxylic acids is 1. The molecule has 0 bridgehead atoms. The van der Waals surface area contributed by atoms with Crippen LogP contribution >= 0.6 is 23.4 Å². The fourth-order valence-corrected chi connectivity index (χ4v) is 2.16. The number of anilines is 2. The average molecular weight is 295 g/mol. The summed E-state index contributed by atoms with van der Waals surface area (Å²) in [5.74, 6) is -0.616. The fraction of sp³-hybridized carbons (Fsp3) is 0.0769. The molecule has 0 atom stereocenters. The molecule has 1 aromatic heterocycles. The molecule has 1 aromatic carbocycles. The fourth-order valence-electron chi connectivity index (χ4n) is 1.48. The summed E-state index contributed by atoms with van der Waals surface area (Å²) >= 11 is 7.64. The molecule has 6 heteroatoms. The van der Waals surface area contributed by atoms with Gasteiger partial charge in [0.05, 0.1) is 10.6 Å². The summed E-state index contributed by atoms with van der Waals surface area (Å²) in [4.78, 5) is 15.9. The number of nitrogens with one attached hydrogen (secondary N) is 1. The maximum atomic E-state index is 10.8. The predicted octanol–water partition coefficient (Wildman–Crippen LogP) is 3.90. The first-order valence-corrected chi connectivity index (χ1v) is 7.00. The molecule has 2 rings (SSSR count). The standard InChI is InChI=1S/C13H11ClN2O2S/c1-19-10-4-2-3-9(6-10)16-12-11(14)5-8(7-15-12)13(17)18/h2-7H,1H3,(H,15,16)(H,17,18). The van der Waals surface area contributed by atoms with E-state index in [4.69, 9.17) is 16.7 Å². The molecule has 0 spiro atoms. The number of halogens is 1. The SMILES string of the molecule is CSc1cccc(Nc2ncc(C(=O)O)cc2Cl)c1. The zero-order valence-corrected chi connectivity index (χ0v) is 11.6. The highest BCUT2D eigenvalue weighted by atomic mass is 35.5. The molecule has 4 nitrogen and oxygen atoms in total. The molecule has 0 fully saturated rings. The summed E-state index contributed by atoms with van der Waals surface area (Å²) in [5, 5.41) is 12.2. The maximum Gasteiger partial charge on any atom is 0.337 e. The van der Waals surface area contributed by atoms with Gasteiger partial charge >= 0.3 is 5.97 Å². The lowest BCUT2D eigenvalue weighted by atomic mass is 10.2. The van der Waals surface area contributed by atoms with Crippen molar-refractivity contribution in [2.45, 2.75) is 4.90 Å². The van der Waals surface area contributed by atoms with Gasteiger partial charge in [-0.05, 0) is 30.5 Å². The van der Waals surface area contributed by atoms with Crippen molar-refractivity contribution in [3.63, 3.8) is 0 Å². The number of thioether (sulfide) groups is 1. The van der Waals surface area contributed by atoms with Crippen molar-refractivity contribution in [2.75, 3.05) is 11.6 Å². The number of benzene rings is 1. The third-order valence-corrected chi connectivity index (χ3v) is 3.43. The molecule has 2 aromatic rings. The number of rotatable bonds is 4. The molecule has 19 heavy (non-hydrogen) atoms. The zero-order valence-electron chi connectivity index (χ0n) is 10.1. The Kier molecular flexibility index (Phi) is 4.29. The van der Waals surface area contributed by atoms with Crippen LogP contribution in [0.2, 0.25) is 5.02 Å². The van der Waals surface area contributed by atoms with E-state index in [0.29, 0.717) is 5.82 Å².